The maximum Gasteiger partial charge on any atom is 0.291 e. The summed E-state index contributed by atoms with van der Waals surface area (Å²) in [5, 5.41) is 11.9. The van der Waals surface area contributed by atoms with E-state index in [0.29, 0.717) is 5.82 Å². The van der Waals surface area contributed by atoms with E-state index in [1.165, 1.54) is 0 Å². The average molecular weight is 209 g/mol. The summed E-state index contributed by atoms with van der Waals surface area (Å²) in [4.78, 5) is 4.14. The van der Waals surface area contributed by atoms with Crippen LogP contribution in [-0.4, -0.2) is 16.0 Å². The molecule has 0 aliphatic rings. The number of nitrogens with zero attached hydrogens (tertiary/aromatic N) is 3. The van der Waals surface area contributed by atoms with E-state index in [4.69, 9.17) is 0 Å². The molecule has 84 valence electrons. The van der Waals surface area contributed by atoms with Gasteiger partial charge in [-0.1, -0.05) is 0 Å². The van der Waals surface area contributed by atoms with Gasteiger partial charge < -0.3 is 5.11 Å². The highest BCUT2D eigenvalue weighted by Gasteiger charge is 2.15. The third-order valence-corrected chi connectivity index (χ3v) is 2.05. The first-order valence-corrected chi connectivity index (χ1v) is 5.17. The largest absolute Gasteiger partial charge is 0.853 e. The predicted octanol–water partition coefficient (Wildman–Crippen LogP) is 0.238. The summed E-state index contributed by atoms with van der Waals surface area (Å²) >= 11 is 0. The molecule has 1 aromatic heterocycles. The molecule has 0 unspecified atom stereocenters. The van der Waals surface area contributed by atoms with Crippen molar-refractivity contribution in [1.29, 1.82) is 0 Å². The van der Waals surface area contributed by atoms with Crippen molar-refractivity contribution in [3.8, 4) is 0 Å². The third kappa shape index (κ3) is 2.81. The first kappa shape index (κ1) is 11.8. The van der Waals surface area contributed by atoms with Gasteiger partial charge in [0.2, 0.25) is 0 Å². The van der Waals surface area contributed by atoms with Crippen LogP contribution in [0.1, 0.15) is 33.5 Å². The third-order valence-electron chi connectivity index (χ3n) is 2.05. The quantitative estimate of drug-likeness (QED) is 0.391. The lowest BCUT2D eigenvalue weighted by Crippen LogP contribution is -2.41. The van der Waals surface area contributed by atoms with Gasteiger partial charge in [-0.3, -0.25) is 4.99 Å². The molecule has 0 amide bonds. The molecule has 0 saturated heterocycles. The molecule has 0 aliphatic carbocycles. The molecule has 0 aliphatic heterocycles. The lowest BCUT2D eigenvalue weighted by Gasteiger charge is -2.17. The van der Waals surface area contributed by atoms with Crippen LogP contribution in [0.15, 0.2) is 17.4 Å². The molecule has 0 spiro atoms. The minimum atomic E-state index is -0.326. The molecule has 0 aromatic carbocycles. The Labute approximate surface area is 90.9 Å². The molecule has 0 bridgehead atoms. The minimum Gasteiger partial charge on any atom is -0.853 e. The van der Waals surface area contributed by atoms with Gasteiger partial charge in [0.05, 0.1) is 25.0 Å². The van der Waals surface area contributed by atoms with Gasteiger partial charge in [-0.2, -0.15) is 0 Å². The predicted molar refractivity (Wildman–Crippen MR) is 57.6 cm³/mol. The number of hydrogen-bond acceptors (Lipinski definition) is 2. The summed E-state index contributed by atoms with van der Waals surface area (Å²) in [6, 6.07) is 0. The number of hydrogen-bond donors (Lipinski definition) is 0. The van der Waals surface area contributed by atoms with Gasteiger partial charge in [0, 0.05) is 0 Å². The van der Waals surface area contributed by atoms with E-state index in [1.54, 1.807) is 4.57 Å². The van der Waals surface area contributed by atoms with Gasteiger partial charge in [-0.25, -0.2) is 9.13 Å². The number of imidazole rings is 1. The number of rotatable bonds is 2. The topological polar surface area (TPSA) is 44.2 Å². The van der Waals surface area contributed by atoms with Crippen molar-refractivity contribution in [2.75, 3.05) is 0 Å². The van der Waals surface area contributed by atoms with Crippen molar-refractivity contribution in [3.05, 3.63) is 18.2 Å². The Kier molecular flexibility index (Phi) is 3.17. The molecule has 15 heavy (non-hydrogen) atoms. The van der Waals surface area contributed by atoms with E-state index in [1.807, 2.05) is 51.7 Å². The smallest absolute Gasteiger partial charge is 0.291 e. The fourth-order valence-corrected chi connectivity index (χ4v) is 1.41. The Balaban J connectivity index is 3.15. The second-order valence-electron chi connectivity index (χ2n) is 4.61. The zero-order valence-electron chi connectivity index (χ0n) is 10.1. The fraction of sp³-hybridized carbons (Fsp3) is 0.636. The van der Waals surface area contributed by atoms with Crippen LogP contribution in [0, 0.1) is 0 Å². The molecule has 0 fully saturated rings. The van der Waals surface area contributed by atoms with Crippen molar-refractivity contribution in [3.63, 3.8) is 0 Å². The van der Waals surface area contributed by atoms with Crippen LogP contribution in [0.2, 0.25) is 0 Å². The second kappa shape index (κ2) is 4.04. The number of aliphatic imine (C=N–C) groups is 1. The van der Waals surface area contributed by atoms with E-state index < -0.39 is 0 Å². The maximum atomic E-state index is 11.9. The van der Waals surface area contributed by atoms with Crippen molar-refractivity contribution in [2.45, 2.75) is 39.8 Å². The van der Waals surface area contributed by atoms with Gasteiger partial charge in [-0.05, 0) is 27.7 Å². The molecule has 0 atom stereocenters. The lowest BCUT2D eigenvalue weighted by molar-refractivity contribution is -0.674. The first-order valence-electron chi connectivity index (χ1n) is 5.17. The van der Waals surface area contributed by atoms with E-state index >= 15 is 0 Å². The highest BCUT2D eigenvalue weighted by atomic mass is 16.3. The molecular weight excluding hydrogens is 190 g/mol. The summed E-state index contributed by atoms with van der Waals surface area (Å²) in [7, 11) is 1.86. The van der Waals surface area contributed by atoms with Gasteiger partial charge >= 0.3 is 0 Å². The fourth-order valence-electron chi connectivity index (χ4n) is 1.41. The van der Waals surface area contributed by atoms with Gasteiger partial charge in [0.1, 0.15) is 12.4 Å². The molecule has 4 heteroatoms. The zero-order chi connectivity index (χ0) is 11.6. The summed E-state index contributed by atoms with van der Waals surface area (Å²) in [6.07, 6.45) is 3.76. The summed E-state index contributed by atoms with van der Waals surface area (Å²) in [6.45, 7) is 8.55. The van der Waals surface area contributed by atoms with Gasteiger partial charge in [0.15, 0.2) is 0 Å². The van der Waals surface area contributed by atoms with E-state index in [0.717, 1.165) is 6.54 Å². The van der Waals surface area contributed by atoms with Crippen molar-refractivity contribution < 1.29 is 9.67 Å². The van der Waals surface area contributed by atoms with Gasteiger partial charge in [-0.15, -0.1) is 0 Å². The van der Waals surface area contributed by atoms with Crippen LogP contribution < -0.4 is 9.67 Å². The van der Waals surface area contributed by atoms with Crippen molar-refractivity contribution in [1.82, 2.24) is 4.57 Å². The molecule has 1 rings (SSSR count). The SMILES string of the molecule is CCn1cc[n+](C)c1C([O-])=NC(C)(C)C. The monoisotopic (exact) mass is 209 g/mol. The molecule has 0 saturated carbocycles. The molecule has 1 aromatic rings. The molecule has 4 nitrogen and oxygen atoms in total. The lowest BCUT2D eigenvalue weighted by atomic mass is 10.1. The van der Waals surface area contributed by atoms with E-state index in [2.05, 4.69) is 4.99 Å². The first-order chi connectivity index (χ1) is 6.85. The Morgan fingerprint density at radius 1 is 1.53 bits per heavy atom. The normalized spacial score (nSPS) is 13.3. The molecule has 0 N–H and O–H groups in total. The van der Waals surface area contributed by atoms with Crippen molar-refractivity contribution in [2.24, 2.45) is 12.0 Å². The zero-order valence-corrected chi connectivity index (χ0v) is 10.1. The molecule has 0 radical (unpaired) electrons. The standard InChI is InChI=1S/C11H19N3O/c1-6-14-8-7-13(5)10(14)9(15)12-11(2,3)4/h7-8H,6H2,1-5H3. The average Bonchev–Trinajstić information content (AvgIpc) is 2.43. The van der Waals surface area contributed by atoms with E-state index in [-0.39, 0.29) is 11.4 Å². The second-order valence-corrected chi connectivity index (χ2v) is 4.61. The Bertz CT molecular complexity index is 372. The Morgan fingerprint density at radius 2 is 2.13 bits per heavy atom. The van der Waals surface area contributed by atoms with E-state index in [9.17, 15) is 5.11 Å². The van der Waals surface area contributed by atoms with Gasteiger partial charge in [0.25, 0.3) is 5.82 Å². The van der Waals surface area contributed by atoms with Crippen LogP contribution in [0.25, 0.3) is 0 Å². The molecular formula is C11H19N3O. The van der Waals surface area contributed by atoms with Crippen LogP contribution in [0.4, 0.5) is 0 Å². The number of aromatic nitrogens is 2. The van der Waals surface area contributed by atoms with Crippen molar-refractivity contribution >= 4 is 5.90 Å². The highest BCUT2D eigenvalue weighted by molar-refractivity contribution is 5.85. The summed E-state index contributed by atoms with van der Waals surface area (Å²) < 4.78 is 3.71. The van der Waals surface area contributed by atoms with Crippen LogP contribution >= 0.6 is 0 Å². The Morgan fingerprint density at radius 3 is 2.60 bits per heavy atom. The summed E-state index contributed by atoms with van der Waals surface area (Å²) in [5.74, 6) is 0.476. The van der Waals surface area contributed by atoms with Crippen LogP contribution in [-0.2, 0) is 13.6 Å². The summed E-state index contributed by atoms with van der Waals surface area (Å²) in [5.41, 5.74) is -0.326. The minimum absolute atomic E-state index is 0.156. The van der Waals surface area contributed by atoms with Crippen LogP contribution in [0.3, 0.4) is 0 Å². The Hall–Kier alpha value is -1.32. The highest BCUT2D eigenvalue weighted by Crippen LogP contribution is 2.07. The maximum absolute atomic E-state index is 11.9. The molecule has 1 heterocycles. The van der Waals surface area contributed by atoms with Crippen LogP contribution in [0.5, 0.6) is 0 Å². The number of aryl methyl sites for hydroxylation is 2.